The SMILES string of the molecule is CCCOCCOc1cc(/C(N)=N/O)cc(C)n1. The van der Waals surface area contributed by atoms with Crippen LogP contribution >= 0.6 is 0 Å². The zero-order valence-electron chi connectivity index (χ0n) is 10.7. The molecule has 0 saturated heterocycles. The monoisotopic (exact) mass is 253 g/mol. The first-order valence-corrected chi connectivity index (χ1v) is 5.84. The number of hydrogen-bond acceptors (Lipinski definition) is 5. The molecular formula is C12H19N3O3. The van der Waals surface area contributed by atoms with Crippen LogP contribution < -0.4 is 10.5 Å². The second-order valence-electron chi connectivity index (χ2n) is 3.78. The molecule has 0 bridgehead atoms. The highest BCUT2D eigenvalue weighted by atomic mass is 16.5. The minimum atomic E-state index is 0.0348. The molecule has 0 aromatic carbocycles. The van der Waals surface area contributed by atoms with Gasteiger partial charge in [-0.2, -0.15) is 0 Å². The summed E-state index contributed by atoms with van der Waals surface area (Å²) in [4.78, 5) is 4.20. The molecule has 0 aliphatic carbocycles. The second-order valence-corrected chi connectivity index (χ2v) is 3.78. The molecule has 1 rings (SSSR count). The third-order valence-corrected chi connectivity index (χ3v) is 2.16. The second kappa shape index (κ2) is 7.50. The summed E-state index contributed by atoms with van der Waals surface area (Å²) in [5.74, 6) is 0.476. The van der Waals surface area contributed by atoms with E-state index in [2.05, 4.69) is 10.1 Å². The van der Waals surface area contributed by atoms with Crippen LogP contribution in [0.4, 0.5) is 0 Å². The largest absolute Gasteiger partial charge is 0.475 e. The normalized spacial score (nSPS) is 11.6. The van der Waals surface area contributed by atoms with Crippen molar-refractivity contribution in [2.45, 2.75) is 20.3 Å². The molecule has 0 unspecified atom stereocenters. The lowest BCUT2D eigenvalue weighted by Gasteiger charge is -2.08. The number of rotatable bonds is 7. The molecular weight excluding hydrogens is 234 g/mol. The summed E-state index contributed by atoms with van der Waals surface area (Å²) in [6.07, 6.45) is 0.982. The molecule has 0 amide bonds. The smallest absolute Gasteiger partial charge is 0.214 e. The Labute approximate surface area is 106 Å². The number of hydrogen-bond donors (Lipinski definition) is 2. The zero-order chi connectivity index (χ0) is 13.4. The van der Waals surface area contributed by atoms with Gasteiger partial charge in [-0.3, -0.25) is 0 Å². The van der Waals surface area contributed by atoms with Crippen molar-refractivity contribution in [3.05, 3.63) is 23.4 Å². The summed E-state index contributed by atoms with van der Waals surface area (Å²) in [5, 5.41) is 11.6. The highest BCUT2D eigenvalue weighted by molar-refractivity contribution is 5.97. The van der Waals surface area contributed by atoms with Crippen molar-refractivity contribution in [2.75, 3.05) is 19.8 Å². The van der Waals surface area contributed by atoms with Gasteiger partial charge in [0.1, 0.15) is 6.61 Å². The molecule has 0 atom stereocenters. The lowest BCUT2D eigenvalue weighted by atomic mass is 10.2. The van der Waals surface area contributed by atoms with Crippen molar-refractivity contribution >= 4 is 5.84 Å². The highest BCUT2D eigenvalue weighted by Gasteiger charge is 2.05. The van der Waals surface area contributed by atoms with E-state index < -0.39 is 0 Å². The number of pyridine rings is 1. The summed E-state index contributed by atoms with van der Waals surface area (Å²) in [5.41, 5.74) is 6.84. The maximum Gasteiger partial charge on any atom is 0.214 e. The highest BCUT2D eigenvalue weighted by Crippen LogP contribution is 2.12. The average Bonchev–Trinajstić information content (AvgIpc) is 2.37. The molecule has 18 heavy (non-hydrogen) atoms. The Bertz CT molecular complexity index is 408. The first-order valence-electron chi connectivity index (χ1n) is 5.84. The van der Waals surface area contributed by atoms with Gasteiger partial charge >= 0.3 is 0 Å². The summed E-state index contributed by atoms with van der Waals surface area (Å²) in [7, 11) is 0. The molecule has 0 saturated carbocycles. The Hall–Kier alpha value is -1.82. The van der Waals surface area contributed by atoms with E-state index in [-0.39, 0.29) is 5.84 Å². The Balaban J connectivity index is 2.58. The molecule has 1 aromatic rings. The van der Waals surface area contributed by atoms with Crippen LogP contribution in [0.25, 0.3) is 0 Å². The van der Waals surface area contributed by atoms with E-state index in [1.807, 2.05) is 13.8 Å². The van der Waals surface area contributed by atoms with Crippen LogP contribution in [0.3, 0.4) is 0 Å². The van der Waals surface area contributed by atoms with Crippen molar-refractivity contribution in [3.8, 4) is 5.88 Å². The average molecular weight is 253 g/mol. The Morgan fingerprint density at radius 3 is 2.83 bits per heavy atom. The van der Waals surface area contributed by atoms with Crippen LogP contribution in [-0.2, 0) is 4.74 Å². The molecule has 1 heterocycles. The molecule has 3 N–H and O–H groups in total. The fraction of sp³-hybridized carbons (Fsp3) is 0.500. The number of oxime groups is 1. The molecule has 0 fully saturated rings. The number of ether oxygens (including phenoxy) is 2. The van der Waals surface area contributed by atoms with Gasteiger partial charge in [0.2, 0.25) is 5.88 Å². The Morgan fingerprint density at radius 2 is 2.17 bits per heavy atom. The maximum absolute atomic E-state index is 8.62. The molecule has 1 aromatic heterocycles. The molecule has 0 aliphatic heterocycles. The molecule has 0 spiro atoms. The van der Waals surface area contributed by atoms with E-state index in [9.17, 15) is 0 Å². The van der Waals surface area contributed by atoms with E-state index in [4.69, 9.17) is 20.4 Å². The number of amidine groups is 1. The molecule has 0 aliphatic rings. The standard InChI is InChI=1S/C12H19N3O3/c1-3-4-17-5-6-18-11-8-10(12(13)15-16)7-9(2)14-11/h7-8,16H,3-6H2,1-2H3,(H2,13,15). The van der Waals surface area contributed by atoms with Gasteiger partial charge in [-0.15, -0.1) is 0 Å². The van der Waals surface area contributed by atoms with E-state index in [1.165, 1.54) is 0 Å². The lowest BCUT2D eigenvalue weighted by Crippen LogP contribution is -2.14. The molecule has 100 valence electrons. The van der Waals surface area contributed by atoms with Gasteiger partial charge in [0, 0.05) is 23.9 Å². The van der Waals surface area contributed by atoms with Crippen LogP contribution in [0.5, 0.6) is 5.88 Å². The van der Waals surface area contributed by atoms with Crippen molar-refractivity contribution in [2.24, 2.45) is 10.9 Å². The van der Waals surface area contributed by atoms with E-state index >= 15 is 0 Å². The summed E-state index contributed by atoms with van der Waals surface area (Å²) in [6.45, 7) is 5.52. The van der Waals surface area contributed by atoms with Crippen molar-refractivity contribution in [3.63, 3.8) is 0 Å². The fourth-order valence-corrected chi connectivity index (χ4v) is 1.37. The summed E-state index contributed by atoms with van der Waals surface area (Å²) >= 11 is 0. The molecule has 6 nitrogen and oxygen atoms in total. The van der Waals surface area contributed by atoms with Crippen LogP contribution in [0.2, 0.25) is 0 Å². The maximum atomic E-state index is 8.62. The van der Waals surface area contributed by atoms with Crippen LogP contribution in [0.1, 0.15) is 24.6 Å². The predicted octanol–water partition coefficient (Wildman–Crippen LogP) is 1.29. The van der Waals surface area contributed by atoms with Crippen LogP contribution in [0, 0.1) is 6.92 Å². The predicted molar refractivity (Wildman–Crippen MR) is 68.1 cm³/mol. The number of aromatic nitrogens is 1. The van der Waals surface area contributed by atoms with Gasteiger partial charge in [0.05, 0.1) is 6.61 Å². The Kier molecular flexibility index (Phi) is 5.93. The van der Waals surface area contributed by atoms with Gasteiger partial charge < -0.3 is 20.4 Å². The summed E-state index contributed by atoms with van der Waals surface area (Å²) in [6, 6.07) is 3.34. The quantitative estimate of drug-likeness (QED) is 0.251. The van der Waals surface area contributed by atoms with Gasteiger partial charge in [0.15, 0.2) is 5.84 Å². The first-order chi connectivity index (χ1) is 8.67. The molecule has 0 radical (unpaired) electrons. The van der Waals surface area contributed by atoms with E-state index in [1.54, 1.807) is 12.1 Å². The van der Waals surface area contributed by atoms with Gasteiger partial charge in [-0.05, 0) is 19.4 Å². The van der Waals surface area contributed by atoms with Gasteiger partial charge in [-0.1, -0.05) is 12.1 Å². The lowest BCUT2D eigenvalue weighted by molar-refractivity contribution is 0.0989. The van der Waals surface area contributed by atoms with Crippen molar-refractivity contribution in [1.82, 2.24) is 4.98 Å². The van der Waals surface area contributed by atoms with Crippen molar-refractivity contribution in [1.29, 1.82) is 0 Å². The van der Waals surface area contributed by atoms with Gasteiger partial charge in [-0.25, -0.2) is 4.98 Å². The third-order valence-electron chi connectivity index (χ3n) is 2.16. The van der Waals surface area contributed by atoms with Crippen molar-refractivity contribution < 1.29 is 14.7 Å². The third kappa shape index (κ3) is 4.58. The Morgan fingerprint density at radius 1 is 1.39 bits per heavy atom. The van der Waals surface area contributed by atoms with Crippen LogP contribution in [0.15, 0.2) is 17.3 Å². The van der Waals surface area contributed by atoms with E-state index in [0.29, 0.717) is 24.7 Å². The zero-order valence-corrected chi connectivity index (χ0v) is 10.7. The topological polar surface area (TPSA) is 90.0 Å². The minimum absolute atomic E-state index is 0.0348. The fourth-order valence-electron chi connectivity index (χ4n) is 1.37. The minimum Gasteiger partial charge on any atom is -0.475 e. The summed E-state index contributed by atoms with van der Waals surface area (Å²) < 4.78 is 10.7. The first kappa shape index (κ1) is 14.2. The molecule has 6 heteroatoms. The van der Waals surface area contributed by atoms with Crippen LogP contribution in [-0.4, -0.2) is 35.8 Å². The number of nitrogens with two attached hydrogens (primary N) is 1. The van der Waals surface area contributed by atoms with Gasteiger partial charge in [0.25, 0.3) is 0 Å². The number of aryl methyl sites for hydroxylation is 1. The van der Waals surface area contributed by atoms with E-state index in [0.717, 1.165) is 18.7 Å². The number of nitrogens with zero attached hydrogens (tertiary/aromatic N) is 2.